The van der Waals surface area contributed by atoms with Gasteiger partial charge in [0.05, 0.1) is 0 Å². The lowest BCUT2D eigenvalue weighted by Gasteiger charge is -2.20. The molecule has 0 amide bonds. The fourth-order valence-electron chi connectivity index (χ4n) is 2.40. The van der Waals surface area contributed by atoms with E-state index in [2.05, 4.69) is 0 Å². The van der Waals surface area contributed by atoms with E-state index in [1.807, 2.05) is 6.92 Å². The molecule has 0 saturated heterocycles. The summed E-state index contributed by atoms with van der Waals surface area (Å²) >= 11 is 0. The monoisotopic (exact) mass is 223 g/mol. The Hall–Kier alpha value is -1.29. The Labute approximate surface area is 93.3 Å². The molecule has 3 nitrogen and oxygen atoms in total. The van der Waals surface area contributed by atoms with E-state index in [1.54, 1.807) is 6.07 Å². The summed E-state index contributed by atoms with van der Waals surface area (Å²) in [6.07, 6.45) is 1.89. The van der Waals surface area contributed by atoms with Crippen LogP contribution in [0, 0.1) is 5.82 Å². The predicted octanol–water partition coefficient (Wildman–Crippen LogP) is 1.93. The molecule has 2 N–H and O–H groups in total. The molecule has 1 atom stereocenters. The van der Waals surface area contributed by atoms with Crippen LogP contribution in [0.4, 0.5) is 4.39 Å². The summed E-state index contributed by atoms with van der Waals surface area (Å²) in [5.74, 6) is 0.879. The summed E-state index contributed by atoms with van der Waals surface area (Å²) in [6, 6.07) is 3.11. The van der Waals surface area contributed by atoms with Crippen molar-refractivity contribution in [2.24, 2.45) is 5.73 Å². The molecule has 1 aromatic rings. The predicted molar refractivity (Wildman–Crippen MR) is 57.1 cm³/mol. The first-order chi connectivity index (χ1) is 7.63. The molecular weight excluding hydrogens is 209 g/mol. The second kappa shape index (κ2) is 3.10. The number of hydrogen-bond acceptors (Lipinski definition) is 3. The second-order valence-corrected chi connectivity index (χ2v) is 4.63. The molecule has 1 aliphatic heterocycles. The van der Waals surface area contributed by atoms with E-state index in [1.165, 1.54) is 6.07 Å². The van der Waals surface area contributed by atoms with Gasteiger partial charge in [0.2, 0.25) is 6.79 Å². The van der Waals surface area contributed by atoms with E-state index >= 15 is 0 Å². The van der Waals surface area contributed by atoms with Gasteiger partial charge in [-0.3, -0.25) is 0 Å². The Balaban J connectivity index is 2.08. The molecule has 4 heteroatoms. The fourth-order valence-corrected chi connectivity index (χ4v) is 2.40. The molecule has 1 fully saturated rings. The number of benzene rings is 1. The summed E-state index contributed by atoms with van der Waals surface area (Å²) < 4.78 is 24.4. The zero-order valence-corrected chi connectivity index (χ0v) is 9.13. The molecule has 16 heavy (non-hydrogen) atoms. The van der Waals surface area contributed by atoms with Crippen LogP contribution < -0.4 is 15.2 Å². The summed E-state index contributed by atoms with van der Waals surface area (Å²) in [6.45, 7) is 2.10. The highest BCUT2D eigenvalue weighted by molar-refractivity contribution is 5.49. The maximum absolute atomic E-state index is 13.9. The van der Waals surface area contributed by atoms with E-state index in [0.29, 0.717) is 17.1 Å². The number of ether oxygens (including phenoxy) is 2. The molecule has 2 aliphatic rings. The van der Waals surface area contributed by atoms with Gasteiger partial charge in [-0.15, -0.1) is 0 Å². The Morgan fingerprint density at radius 3 is 2.50 bits per heavy atom. The lowest BCUT2D eigenvalue weighted by atomic mass is 9.89. The maximum Gasteiger partial charge on any atom is 0.231 e. The van der Waals surface area contributed by atoms with Gasteiger partial charge >= 0.3 is 0 Å². The van der Waals surface area contributed by atoms with Crippen molar-refractivity contribution in [2.45, 2.75) is 31.2 Å². The van der Waals surface area contributed by atoms with E-state index in [4.69, 9.17) is 15.2 Å². The minimum absolute atomic E-state index is 0.0395. The molecule has 0 aromatic heterocycles. The zero-order chi connectivity index (χ0) is 11.3. The van der Waals surface area contributed by atoms with Crippen LogP contribution in [0.15, 0.2) is 12.1 Å². The normalized spacial score (nSPS) is 21.9. The quantitative estimate of drug-likeness (QED) is 0.833. The van der Waals surface area contributed by atoms with Crippen LogP contribution in [0.5, 0.6) is 11.5 Å². The summed E-state index contributed by atoms with van der Waals surface area (Å²) in [7, 11) is 0. The van der Waals surface area contributed by atoms with E-state index in [9.17, 15) is 4.39 Å². The van der Waals surface area contributed by atoms with Crippen molar-refractivity contribution in [2.75, 3.05) is 6.79 Å². The van der Waals surface area contributed by atoms with Crippen LogP contribution >= 0.6 is 0 Å². The Morgan fingerprint density at radius 2 is 1.94 bits per heavy atom. The molecule has 1 saturated carbocycles. The standard InChI is InChI=1S/C12H14FNO2/c1-7(14)12(2-3-12)8-4-10-11(5-9(8)13)16-6-15-10/h4-5,7H,2-3,6,14H2,1H3. The van der Waals surface area contributed by atoms with Gasteiger partial charge in [-0.1, -0.05) is 0 Å². The number of halogens is 1. The molecule has 1 aromatic carbocycles. The third-order valence-corrected chi connectivity index (χ3v) is 3.66. The first-order valence-corrected chi connectivity index (χ1v) is 5.49. The summed E-state index contributed by atoms with van der Waals surface area (Å²) in [4.78, 5) is 0. The van der Waals surface area contributed by atoms with Crippen molar-refractivity contribution in [3.63, 3.8) is 0 Å². The summed E-state index contributed by atoms with van der Waals surface area (Å²) in [5, 5.41) is 0. The maximum atomic E-state index is 13.9. The number of nitrogens with two attached hydrogens (primary N) is 1. The Bertz CT molecular complexity index is 441. The van der Waals surface area contributed by atoms with Crippen molar-refractivity contribution in [3.8, 4) is 11.5 Å². The molecule has 0 radical (unpaired) electrons. The Kier molecular flexibility index (Phi) is 1.92. The first kappa shape index (κ1) is 9.90. The van der Waals surface area contributed by atoms with E-state index in [-0.39, 0.29) is 24.1 Å². The highest BCUT2D eigenvalue weighted by Crippen LogP contribution is 2.53. The SMILES string of the molecule is CC(N)C1(c2cc3c(cc2F)OCO3)CC1. The lowest BCUT2D eigenvalue weighted by Crippen LogP contribution is -2.32. The van der Waals surface area contributed by atoms with Gasteiger partial charge in [-0.2, -0.15) is 0 Å². The van der Waals surface area contributed by atoms with E-state index < -0.39 is 0 Å². The topological polar surface area (TPSA) is 44.5 Å². The van der Waals surface area contributed by atoms with Crippen molar-refractivity contribution in [1.82, 2.24) is 0 Å². The minimum atomic E-state index is -0.237. The first-order valence-electron chi connectivity index (χ1n) is 5.49. The van der Waals surface area contributed by atoms with Gasteiger partial charge in [0.1, 0.15) is 5.82 Å². The van der Waals surface area contributed by atoms with Gasteiger partial charge in [0.15, 0.2) is 11.5 Å². The van der Waals surface area contributed by atoms with Gasteiger partial charge in [0, 0.05) is 17.5 Å². The van der Waals surface area contributed by atoms with Crippen molar-refractivity contribution >= 4 is 0 Å². The van der Waals surface area contributed by atoms with Crippen LogP contribution in [0.25, 0.3) is 0 Å². The van der Waals surface area contributed by atoms with Gasteiger partial charge in [-0.25, -0.2) is 4.39 Å². The number of hydrogen-bond donors (Lipinski definition) is 1. The third-order valence-electron chi connectivity index (χ3n) is 3.66. The van der Waals surface area contributed by atoms with Crippen LogP contribution in [-0.2, 0) is 5.41 Å². The fraction of sp³-hybridized carbons (Fsp3) is 0.500. The molecule has 1 unspecified atom stereocenters. The molecular formula is C12H14FNO2. The largest absolute Gasteiger partial charge is 0.454 e. The van der Waals surface area contributed by atoms with Crippen LogP contribution in [0.3, 0.4) is 0 Å². The van der Waals surface area contributed by atoms with Crippen LogP contribution in [0.2, 0.25) is 0 Å². The number of fused-ring (bicyclic) bond motifs is 1. The zero-order valence-electron chi connectivity index (χ0n) is 9.13. The van der Waals surface area contributed by atoms with Crippen molar-refractivity contribution < 1.29 is 13.9 Å². The van der Waals surface area contributed by atoms with Crippen molar-refractivity contribution in [1.29, 1.82) is 0 Å². The smallest absolute Gasteiger partial charge is 0.231 e. The molecule has 1 heterocycles. The van der Waals surface area contributed by atoms with Gasteiger partial charge < -0.3 is 15.2 Å². The molecule has 0 bridgehead atoms. The second-order valence-electron chi connectivity index (χ2n) is 4.63. The van der Waals surface area contributed by atoms with E-state index in [0.717, 1.165) is 12.8 Å². The lowest BCUT2D eigenvalue weighted by molar-refractivity contribution is 0.174. The number of rotatable bonds is 2. The van der Waals surface area contributed by atoms with Crippen molar-refractivity contribution in [3.05, 3.63) is 23.5 Å². The average Bonchev–Trinajstić information content (AvgIpc) is 2.92. The highest BCUT2D eigenvalue weighted by Gasteiger charge is 2.49. The Morgan fingerprint density at radius 1 is 1.31 bits per heavy atom. The van der Waals surface area contributed by atoms with Gasteiger partial charge in [-0.05, 0) is 31.4 Å². The minimum Gasteiger partial charge on any atom is -0.454 e. The highest BCUT2D eigenvalue weighted by atomic mass is 19.1. The summed E-state index contributed by atoms with van der Waals surface area (Å²) in [5.41, 5.74) is 6.42. The molecule has 86 valence electrons. The third kappa shape index (κ3) is 1.23. The molecule has 0 spiro atoms. The molecule has 1 aliphatic carbocycles. The van der Waals surface area contributed by atoms with Crippen LogP contribution in [0.1, 0.15) is 25.3 Å². The van der Waals surface area contributed by atoms with Gasteiger partial charge in [0.25, 0.3) is 0 Å². The van der Waals surface area contributed by atoms with Crippen LogP contribution in [-0.4, -0.2) is 12.8 Å². The molecule has 3 rings (SSSR count). The average molecular weight is 223 g/mol.